The zero-order valence-corrected chi connectivity index (χ0v) is 4.19. The van der Waals surface area contributed by atoms with Gasteiger partial charge in [0.1, 0.15) is 0 Å². The van der Waals surface area contributed by atoms with Gasteiger partial charge < -0.3 is 0 Å². The van der Waals surface area contributed by atoms with Crippen LogP contribution in [0, 0.1) is 0 Å². The second-order valence-electron chi connectivity index (χ2n) is 0.447. The Balaban J connectivity index is 1.97. The number of hydrogen-bond acceptors (Lipinski definition) is 1. The van der Waals surface area contributed by atoms with Crippen LogP contribution in [-0.4, -0.2) is 28.6 Å². The van der Waals surface area contributed by atoms with Crippen molar-refractivity contribution >= 4 is 16.9 Å². The Bertz CT molecular complexity index is 8.00. The van der Waals surface area contributed by atoms with E-state index in [2.05, 4.69) is 16.9 Å². The van der Waals surface area contributed by atoms with E-state index in [9.17, 15) is 0 Å². The molecule has 0 spiro atoms. The second kappa shape index (κ2) is 3.52. The predicted octanol–water partition coefficient (Wildman–Crippen LogP) is -0.435. The quantitative estimate of drug-likeness (QED) is 0.465. The molecule has 2 heteroatoms. The Kier molecular flexibility index (Phi) is 3.97. The Morgan fingerprint density at radius 1 is 1.75 bits per heavy atom. The zero-order chi connectivity index (χ0) is 3.41. The molecule has 4 heavy (non-hydrogen) atoms. The van der Waals surface area contributed by atoms with Crippen LogP contribution in [0.25, 0.3) is 0 Å². The molecule has 0 bridgehead atoms. The van der Waals surface area contributed by atoms with Crippen molar-refractivity contribution in [1.82, 2.24) is 0 Å². The van der Waals surface area contributed by atoms with Gasteiger partial charge in [-0.2, -0.15) is 0 Å². The molecule has 3 radical (unpaired) electrons. The minimum atomic E-state index is 0.292. The van der Waals surface area contributed by atoms with E-state index in [0.717, 1.165) is 5.21 Å². The summed E-state index contributed by atoms with van der Waals surface area (Å²) >= 11 is 2.29. The van der Waals surface area contributed by atoms with E-state index < -0.39 is 0 Å². The molecule has 0 aliphatic rings. The van der Waals surface area contributed by atoms with Crippen LogP contribution in [-0.2, 0) is 0 Å². The van der Waals surface area contributed by atoms with Crippen molar-refractivity contribution in [3.63, 3.8) is 0 Å². The Labute approximate surface area is 34.5 Å². The summed E-state index contributed by atoms with van der Waals surface area (Å²) in [5.41, 5.74) is 0. The van der Waals surface area contributed by atoms with Crippen LogP contribution in [0.3, 0.4) is 0 Å². The maximum absolute atomic E-state index is 7.86. The van der Waals surface area contributed by atoms with Gasteiger partial charge in [0.2, 0.25) is 0 Å². The third kappa shape index (κ3) is 2.52. The standard InChI is InChI=1S/C2H5AsO/c3-1-2-4/h4H,1-2H2/q+1. The maximum atomic E-state index is 7.86. The van der Waals surface area contributed by atoms with Crippen molar-refractivity contribution in [2.24, 2.45) is 0 Å². The Hall–Kier alpha value is 0.518. The predicted molar refractivity (Wildman–Crippen MR) is 17.6 cm³/mol. The van der Waals surface area contributed by atoms with Gasteiger partial charge in [-0.25, -0.2) is 0 Å². The molecule has 0 aromatic carbocycles. The fraction of sp³-hybridized carbons (Fsp3) is 1.00. The van der Waals surface area contributed by atoms with Crippen molar-refractivity contribution < 1.29 is 5.11 Å². The molecule has 0 aromatic heterocycles. The first-order valence-electron chi connectivity index (χ1n) is 1.13. The van der Waals surface area contributed by atoms with E-state index in [1.54, 1.807) is 0 Å². The van der Waals surface area contributed by atoms with Crippen molar-refractivity contribution in [1.29, 1.82) is 0 Å². The monoisotopic (exact) mass is 120 g/mol. The van der Waals surface area contributed by atoms with Gasteiger partial charge >= 0.3 is 33.8 Å². The molecule has 0 atom stereocenters. The first-order valence-corrected chi connectivity index (χ1v) is 2.46. The molecule has 0 unspecified atom stereocenters. The van der Waals surface area contributed by atoms with E-state index in [0.29, 0.717) is 6.61 Å². The molecular formula is C2H5AsO+. The molecule has 0 saturated carbocycles. The van der Waals surface area contributed by atoms with Gasteiger partial charge in [0.25, 0.3) is 0 Å². The third-order valence-corrected chi connectivity index (χ3v) is 0.520. The topological polar surface area (TPSA) is 20.2 Å². The summed E-state index contributed by atoms with van der Waals surface area (Å²) in [5, 5.41) is 8.67. The number of rotatable bonds is 1. The molecule has 0 aliphatic heterocycles. The fourth-order valence-corrected chi connectivity index (χ4v) is 0. The molecule has 0 aliphatic carbocycles. The normalized spacial score (nSPS) is 7.50. The van der Waals surface area contributed by atoms with E-state index in [1.807, 2.05) is 0 Å². The average molecular weight is 120 g/mol. The van der Waals surface area contributed by atoms with Gasteiger partial charge in [0, 0.05) is 0 Å². The van der Waals surface area contributed by atoms with Crippen molar-refractivity contribution in [3.8, 4) is 0 Å². The second-order valence-corrected chi connectivity index (χ2v) is 1.39. The Morgan fingerprint density at radius 2 is 2.00 bits per heavy atom. The number of hydrogen-bond donors (Lipinski definition) is 1. The molecule has 23 valence electrons. The van der Waals surface area contributed by atoms with Crippen LogP contribution < -0.4 is 0 Å². The molecule has 0 amide bonds. The van der Waals surface area contributed by atoms with Crippen LogP contribution in [0.2, 0.25) is 5.21 Å². The summed E-state index contributed by atoms with van der Waals surface area (Å²) in [5.74, 6) is 0. The molecule has 0 saturated heterocycles. The summed E-state index contributed by atoms with van der Waals surface area (Å²) in [4.78, 5) is 0. The van der Waals surface area contributed by atoms with Crippen molar-refractivity contribution in [2.45, 2.75) is 5.21 Å². The first-order chi connectivity index (χ1) is 1.91. The van der Waals surface area contributed by atoms with Gasteiger partial charge in [-0.3, -0.25) is 0 Å². The molecule has 0 aromatic rings. The van der Waals surface area contributed by atoms with Crippen LogP contribution in [0.5, 0.6) is 0 Å². The molecule has 1 nitrogen and oxygen atoms in total. The summed E-state index contributed by atoms with van der Waals surface area (Å²) in [7, 11) is 0. The molecule has 0 rings (SSSR count). The summed E-state index contributed by atoms with van der Waals surface area (Å²) in [6.45, 7) is 0.292. The van der Waals surface area contributed by atoms with Crippen molar-refractivity contribution in [2.75, 3.05) is 6.61 Å². The number of aliphatic hydroxyl groups excluding tert-OH is 1. The van der Waals surface area contributed by atoms with Gasteiger partial charge in [0.05, 0.1) is 0 Å². The van der Waals surface area contributed by atoms with Crippen LogP contribution in [0.1, 0.15) is 0 Å². The number of aliphatic hydroxyl groups is 1. The summed E-state index contributed by atoms with van der Waals surface area (Å²) in [6, 6.07) is 0. The van der Waals surface area contributed by atoms with Gasteiger partial charge in [-0.1, -0.05) is 0 Å². The third-order valence-electron chi connectivity index (χ3n) is 0.1000. The van der Waals surface area contributed by atoms with Gasteiger partial charge in [-0.05, 0) is 0 Å². The average Bonchev–Trinajstić information content (AvgIpc) is 1.37. The SMILES string of the molecule is OCC[As+]. The van der Waals surface area contributed by atoms with Crippen molar-refractivity contribution in [3.05, 3.63) is 0 Å². The fourth-order valence-electron chi connectivity index (χ4n) is 0. The minimum absolute atomic E-state index is 0.292. The molecular weight excluding hydrogens is 115 g/mol. The molecule has 1 N–H and O–H groups in total. The van der Waals surface area contributed by atoms with E-state index in [-0.39, 0.29) is 0 Å². The van der Waals surface area contributed by atoms with Gasteiger partial charge in [0.15, 0.2) is 0 Å². The summed E-state index contributed by atoms with van der Waals surface area (Å²) in [6.07, 6.45) is 0. The van der Waals surface area contributed by atoms with Crippen LogP contribution in [0.15, 0.2) is 0 Å². The molecule has 0 heterocycles. The first kappa shape index (κ1) is 4.52. The van der Waals surface area contributed by atoms with Crippen LogP contribution >= 0.6 is 0 Å². The van der Waals surface area contributed by atoms with E-state index in [1.165, 1.54) is 0 Å². The Morgan fingerprint density at radius 3 is 2.00 bits per heavy atom. The van der Waals surface area contributed by atoms with Crippen LogP contribution in [0.4, 0.5) is 0 Å². The van der Waals surface area contributed by atoms with E-state index >= 15 is 0 Å². The zero-order valence-electron chi connectivity index (χ0n) is 2.31. The molecule has 0 fully saturated rings. The summed E-state index contributed by atoms with van der Waals surface area (Å²) < 4.78 is 0. The van der Waals surface area contributed by atoms with E-state index in [4.69, 9.17) is 5.11 Å². The van der Waals surface area contributed by atoms with Gasteiger partial charge in [-0.15, -0.1) is 0 Å².